The van der Waals surface area contributed by atoms with Gasteiger partial charge < -0.3 is 10.5 Å². The van der Waals surface area contributed by atoms with Crippen LogP contribution in [0.5, 0.6) is 6.01 Å². The van der Waals surface area contributed by atoms with Gasteiger partial charge in [-0.3, -0.25) is 0 Å². The van der Waals surface area contributed by atoms with Crippen LogP contribution in [0, 0.1) is 0 Å². The summed E-state index contributed by atoms with van der Waals surface area (Å²) < 4.78 is 4.91. The molecule has 0 bridgehead atoms. The third-order valence-corrected chi connectivity index (χ3v) is 2.83. The van der Waals surface area contributed by atoms with Crippen molar-refractivity contribution in [3.63, 3.8) is 0 Å². The van der Waals surface area contributed by atoms with Crippen molar-refractivity contribution in [2.24, 2.45) is 0 Å². The van der Waals surface area contributed by atoms with E-state index in [0.717, 1.165) is 0 Å². The number of aromatic nitrogens is 3. The average molecular weight is 271 g/mol. The number of benzene rings is 1. The molecule has 88 valence electrons. The molecule has 0 fully saturated rings. The Morgan fingerprint density at radius 3 is 2.65 bits per heavy atom. The molecule has 17 heavy (non-hydrogen) atoms. The van der Waals surface area contributed by atoms with Crippen LogP contribution in [0.25, 0.3) is 11.4 Å². The minimum absolute atomic E-state index is 0.0582. The Kier molecular flexibility index (Phi) is 3.31. The van der Waals surface area contributed by atoms with Crippen molar-refractivity contribution in [3.05, 3.63) is 28.2 Å². The lowest BCUT2D eigenvalue weighted by Gasteiger charge is -2.06. The summed E-state index contributed by atoms with van der Waals surface area (Å²) in [5, 5.41) is 0.781. The van der Waals surface area contributed by atoms with Gasteiger partial charge in [0.15, 0.2) is 5.82 Å². The Labute approximate surface area is 108 Å². The van der Waals surface area contributed by atoms with E-state index in [1.54, 1.807) is 18.2 Å². The topological polar surface area (TPSA) is 73.9 Å². The van der Waals surface area contributed by atoms with E-state index in [-0.39, 0.29) is 12.0 Å². The minimum Gasteiger partial charge on any atom is -0.467 e. The van der Waals surface area contributed by atoms with Crippen molar-refractivity contribution >= 4 is 29.2 Å². The van der Waals surface area contributed by atoms with Crippen molar-refractivity contribution in [2.45, 2.75) is 0 Å². The Morgan fingerprint density at radius 1 is 1.18 bits per heavy atom. The molecule has 2 N–H and O–H groups in total. The van der Waals surface area contributed by atoms with Crippen molar-refractivity contribution in [2.75, 3.05) is 12.8 Å². The zero-order chi connectivity index (χ0) is 12.4. The number of hydrogen-bond acceptors (Lipinski definition) is 5. The van der Waals surface area contributed by atoms with Gasteiger partial charge in [0, 0.05) is 5.56 Å². The summed E-state index contributed by atoms with van der Waals surface area (Å²) in [5.74, 6) is 0.379. The second-order valence-electron chi connectivity index (χ2n) is 3.11. The number of ether oxygens (including phenoxy) is 1. The summed E-state index contributed by atoms with van der Waals surface area (Å²) in [4.78, 5) is 11.8. The molecule has 0 amide bonds. The molecule has 0 spiro atoms. The lowest BCUT2D eigenvalue weighted by atomic mass is 10.2. The van der Waals surface area contributed by atoms with Gasteiger partial charge in [-0.2, -0.15) is 15.0 Å². The van der Waals surface area contributed by atoms with E-state index in [9.17, 15) is 0 Å². The molecule has 0 aliphatic carbocycles. The SMILES string of the molecule is COc1nc(N)nc(-c2cccc(Cl)c2Cl)n1. The van der Waals surface area contributed by atoms with Crippen molar-refractivity contribution in [3.8, 4) is 17.4 Å². The first kappa shape index (κ1) is 11.9. The van der Waals surface area contributed by atoms with Gasteiger partial charge in [0.2, 0.25) is 5.95 Å². The fourth-order valence-electron chi connectivity index (χ4n) is 1.26. The highest BCUT2D eigenvalue weighted by molar-refractivity contribution is 6.43. The number of halogens is 2. The van der Waals surface area contributed by atoms with Gasteiger partial charge in [-0.25, -0.2) is 0 Å². The predicted octanol–water partition coefficient (Wildman–Crippen LogP) is 2.44. The number of methoxy groups -OCH3 is 1. The number of hydrogen-bond donors (Lipinski definition) is 1. The molecule has 2 aromatic rings. The minimum atomic E-state index is 0.0582. The first-order valence-electron chi connectivity index (χ1n) is 4.61. The van der Waals surface area contributed by atoms with E-state index in [4.69, 9.17) is 33.7 Å². The summed E-state index contributed by atoms with van der Waals surface area (Å²) in [6, 6.07) is 5.29. The highest BCUT2D eigenvalue weighted by atomic mass is 35.5. The standard InChI is InChI=1S/C10H8Cl2N4O/c1-17-10-15-8(14-9(13)16-10)5-3-2-4-6(11)7(5)12/h2-4H,1H3,(H2,13,14,15,16). The monoisotopic (exact) mass is 270 g/mol. The summed E-state index contributed by atoms with van der Waals surface area (Å²) >= 11 is 12.0. The molecule has 0 unspecified atom stereocenters. The maximum Gasteiger partial charge on any atom is 0.321 e. The Bertz CT molecular complexity index is 562. The smallest absolute Gasteiger partial charge is 0.321 e. The maximum absolute atomic E-state index is 6.06. The number of rotatable bonds is 2. The molecule has 0 saturated carbocycles. The van der Waals surface area contributed by atoms with Crippen LogP contribution in [0.2, 0.25) is 10.0 Å². The summed E-state index contributed by atoms with van der Waals surface area (Å²) in [5.41, 5.74) is 6.12. The van der Waals surface area contributed by atoms with Crippen molar-refractivity contribution < 1.29 is 4.74 Å². The van der Waals surface area contributed by atoms with Crippen molar-refractivity contribution in [1.29, 1.82) is 0 Å². The molecular formula is C10H8Cl2N4O. The fraction of sp³-hybridized carbons (Fsp3) is 0.100. The molecule has 7 heteroatoms. The van der Waals surface area contributed by atoms with E-state index in [1.165, 1.54) is 7.11 Å². The van der Waals surface area contributed by atoms with Gasteiger partial charge in [-0.05, 0) is 12.1 Å². The molecule has 5 nitrogen and oxygen atoms in total. The van der Waals surface area contributed by atoms with Gasteiger partial charge in [0.25, 0.3) is 0 Å². The van der Waals surface area contributed by atoms with E-state index in [2.05, 4.69) is 15.0 Å². The van der Waals surface area contributed by atoms with Crippen LogP contribution in [-0.2, 0) is 0 Å². The lowest BCUT2D eigenvalue weighted by Crippen LogP contribution is -2.02. The van der Waals surface area contributed by atoms with Crippen LogP contribution in [-0.4, -0.2) is 22.1 Å². The predicted molar refractivity (Wildman–Crippen MR) is 66.2 cm³/mol. The van der Waals surface area contributed by atoms with Gasteiger partial charge in [-0.1, -0.05) is 29.3 Å². The number of nitrogen functional groups attached to an aromatic ring is 1. The molecule has 0 atom stereocenters. The van der Waals surface area contributed by atoms with Crippen LogP contribution in [0.3, 0.4) is 0 Å². The zero-order valence-electron chi connectivity index (χ0n) is 8.82. The molecule has 0 aliphatic rings. The van der Waals surface area contributed by atoms with E-state index >= 15 is 0 Å². The first-order chi connectivity index (χ1) is 8.11. The van der Waals surface area contributed by atoms with Crippen LogP contribution in [0.1, 0.15) is 0 Å². The first-order valence-corrected chi connectivity index (χ1v) is 5.37. The highest BCUT2D eigenvalue weighted by Gasteiger charge is 2.12. The van der Waals surface area contributed by atoms with E-state index in [0.29, 0.717) is 21.4 Å². The molecule has 0 saturated heterocycles. The Morgan fingerprint density at radius 2 is 1.94 bits per heavy atom. The number of nitrogens with zero attached hydrogens (tertiary/aromatic N) is 3. The molecule has 0 radical (unpaired) electrons. The van der Waals surface area contributed by atoms with E-state index < -0.39 is 0 Å². The Balaban J connectivity index is 2.60. The van der Waals surface area contributed by atoms with Gasteiger partial charge in [0.1, 0.15) is 0 Å². The third kappa shape index (κ3) is 2.40. The summed E-state index contributed by atoms with van der Waals surface area (Å²) in [6.45, 7) is 0. The van der Waals surface area contributed by atoms with Gasteiger partial charge in [-0.15, -0.1) is 0 Å². The number of anilines is 1. The van der Waals surface area contributed by atoms with E-state index in [1.807, 2.05) is 0 Å². The van der Waals surface area contributed by atoms with Crippen LogP contribution in [0.4, 0.5) is 5.95 Å². The third-order valence-electron chi connectivity index (χ3n) is 2.01. The van der Waals surface area contributed by atoms with Crippen LogP contribution < -0.4 is 10.5 Å². The molecule has 0 aliphatic heterocycles. The second kappa shape index (κ2) is 4.73. The van der Waals surface area contributed by atoms with Crippen molar-refractivity contribution in [1.82, 2.24) is 15.0 Å². The molecule has 1 aromatic carbocycles. The van der Waals surface area contributed by atoms with Crippen LogP contribution in [0.15, 0.2) is 18.2 Å². The molecule has 2 rings (SSSR count). The Hall–Kier alpha value is -1.59. The molecule has 1 heterocycles. The fourth-order valence-corrected chi connectivity index (χ4v) is 1.65. The molecular weight excluding hydrogens is 263 g/mol. The molecule has 1 aromatic heterocycles. The number of nitrogens with two attached hydrogens (primary N) is 1. The van der Waals surface area contributed by atoms with Gasteiger partial charge >= 0.3 is 6.01 Å². The normalized spacial score (nSPS) is 10.3. The maximum atomic E-state index is 6.06. The van der Waals surface area contributed by atoms with Crippen LogP contribution >= 0.6 is 23.2 Å². The van der Waals surface area contributed by atoms with Gasteiger partial charge in [0.05, 0.1) is 17.2 Å². The lowest BCUT2D eigenvalue weighted by molar-refractivity contribution is 0.379. The second-order valence-corrected chi connectivity index (χ2v) is 3.89. The zero-order valence-corrected chi connectivity index (χ0v) is 10.3. The summed E-state index contributed by atoms with van der Waals surface area (Å²) in [6.07, 6.45) is 0. The quantitative estimate of drug-likeness (QED) is 0.907. The summed E-state index contributed by atoms with van der Waals surface area (Å²) in [7, 11) is 1.44. The largest absolute Gasteiger partial charge is 0.467 e. The average Bonchev–Trinajstić information content (AvgIpc) is 2.31. The highest BCUT2D eigenvalue weighted by Crippen LogP contribution is 2.32.